The molecule has 0 radical (unpaired) electrons. The molecular formula is C7H12ClNO3. The van der Waals surface area contributed by atoms with E-state index in [4.69, 9.17) is 4.74 Å². The van der Waals surface area contributed by atoms with Crippen LogP contribution in [0, 0.1) is 0 Å². The first-order valence-corrected chi connectivity index (χ1v) is 3.73. The number of halogens is 1. The number of nitrogens with one attached hydrogen (secondary N) is 1. The number of carbonyl (C=O) groups excluding carboxylic acids is 1. The second kappa shape index (κ2) is 3.20. The van der Waals surface area contributed by atoms with Gasteiger partial charge in [0.2, 0.25) is 0 Å². The summed E-state index contributed by atoms with van der Waals surface area (Å²) in [6.45, 7) is 1.24. The van der Waals surface area contributed by atoms with E-state index in [2.05, 4.69) is 10.1 Å². The fourth-order valence-corrected chi connectivity index (χ4v) is 1.74. The molecule has 1 N–H and O–H groups in total. The van der Waals surface area contributed by atoms with Gasteiger partial charge in [-0.15, -0.1) is 12.4 Å². The SMILES string of the molecule is COC(=O)C12CNC(CO1)C2.Cl. The van der Waals surface area contributed by atoms with Gasteiger partial charge in [-0.05, 0) is 0 Å². The molecule has 5 heteroatoms. The summed E-state index contributed by atoms with van der Waals surface area (Å²) in [7, 11) is 1.39. The lowest BCUT2D eigenvalue weighted by Crippen LogP contribution is -2.45. The molecule has 2 rings (SSSR count). The van der Waals surface area contributed by atoms with E-state index in [1.165, 1.54) is 7.11 Å². The average molecular weight is 194 g/mol. The van der Waals surface area contributed by atoms with E-state index in [-0.39, 0.29) is 18.4 Å². The van der Waals surface area contributed by atoms with Crippen LogP contribution in [-0.4, -0.2) is 37.9 Å². The van der Waals surface area contributed by atoms with Gasteiger partial charge in [0.25, 0.3) is 0 Å². The van der Waals surface area contributed by atoms with Crippen molar-refractivity contribution in [2.24, 2.45) is 0 Å². The predicted molar refractivity (Wildman–Crippen MR) is 44.4 cm³/mol. The molecule has 0 spiro atoms. The number of methoxy groups -OCH3 is 1. The van der Waals surface area contributed by atoms with Crippen LogP contribution in [-0.2, 0) is 14.3 Å². The van der Waals surface area contributed by atoms with Gasteiger partial charge in [-0.3, -0.25) is 0 Å². The van der Waals surface area contributed by atoms with Crippen molar-refractivity contribution in [2.75, 3.05) is 20.3 Å². The lowest BCUT2D eigenvalue weighted by Gasteiger charge is -2.23. The predicted octanol–water partition coefficient (Wildman–Crippen LogP) is -0.288. The van der Waals surface area contributed by atoms with E-state index < -0.39 is 5.60 Å². The lowest BCUT2D eigenvalue weighted by molar-refractivity contribution is -0.163. The molecule has 12 heavy (non-hydrogen) atoms. The van der Waals surface area contributed by atoms with Gasteiger partial charge >= 0.3 is 5.97 Å². The summed E-state index contributed by atoms with van der Waals surface area (Å²) in [6.07, 6.45) is 0.764. The van der Waals surface area contributed by atoms with E-state index in [0.717, 1.165) is 6.42 Å². The third-order valence-corrected chi connectivity index (χ3v) is 2.37. The van der Waals surface area contributed by atoms with E-state index in [0.29, 0.717) is 19.2 Å². The number of rotatable bonds is 1. The van der Waals surface area contributed by atoms with Crippen molar-refractivity contribution in [3.05, 3.63) is 0 Å². The summed E-state index contributed by atoms with van der Waals surface area (Å²) in [5.41, 5.74) is -0.653. The number of morpholine rings is 1. The Labute approximate surface area is 77.0 Å². The van der Waals surface area contributed by atoms with Gasteiger partial charge in [-0.1, -0.05) is 0 Å². The highest BCUT2D eigenvalue weighted by Crippen LogP contribution is 2.31. The second-order valence-electron chi connectivity index (χ2n) is 3.08. The Morgan fingerprint density at radius 1 is 1.75 bits per heavy atom. The molecule has 0 aromatic heterocycles. The van der Waals surface area contributed by atoms with Crippen molar-refractivity contribution in [1.29, 1.82) is 0 Å². The van der Waals surface area contributed by atoms with Crippen LogP contribution in [0.1, 0.15) is 6.42 Å². The van der Waals surface area contributed by atoms with Crippen LogP contribution < -0.4 is 5.32 Å². The molecule has 2 aliphatic heterocycles. The van der Waals surface area contributed by atoms with Crippen LogP contribution in [0.3, 0.4) is 0 Å². The lowest BCUT2D eigenvalue weighted by atomic mass is 10.0. The first-order chi connectivity index (χ1) is 5.27. The Morgan fingerprint density at radius 2 is 2.50 bits per heavy atom. The van der Waals surface area contributed by atoms with Crippen molar-refractivity contribution in [1.82, 2.24) is 5.32 Å². The van der Waals surface area contributed by atoms with Crippen molar-refractivity contribution in [3.8, 4) is 0 Å². The highest BCUT2D eigenvalue weighted by molar-refractivity contribution is 5.85. The first kappa shape index (κ1) is 9.77. The highest BCUT2D eigenvalue weighted by Gasteiger charge is 2.52. The minimum Gasteiger partial charge on any atom is -0.467 e. The van der Waals surface area contributed by atoms with Gasteiger partial charge in [0.15, 0.2) is 5.60 Å². The van der Waals surface area contributed by atoms with Crippen molar-refractivity contribution < 1.29 is 14.3 Å². The number of fused-ring (bicyclic) bond motifs is 2. The summed E-state index contributed by atoms with van der Waals surface area (Å²) in [5, 5.41) is 3.19. The molecule has 0 aliphatic carbocycles. The quantitative estimate of drug-likeness (QED) is 0.582. The summed E-state index contributed by atoms with van der Waals surface area (Å²) >= 11 is 0. The van der Waals surface area contributed by atoms with Crippen LogP contribution in [0.15, 0.2) is 0 Å². The molecule has 2 atom stereocenters. The van der Waals surface area contributed by atoms with E-state index >= 15 is 0 Å². The molecule has 2 saturated heterocycles. The van der Waals surface area contributed by atoms with Crippen molar-refractivity contribution in [2.45, 2.75) is 18.1 Å². The Hall–Kier alpha value is -0.320. The summed E-state index contributed by atoms with van der Waals surface area (Å²) in [4.78, 5) is 11.2. The zero-order valence-electron chi connectivity index (χ0n) is 6.83. The zero-order chi connectivity index (χ0) is 7.90. The molecule has 2 heterocycles. The van der Waals surface area contributed by atoms with Crippen LogP contribution >= 0.6 is 12.4 Å². The van der Waals surface area contributed by atoms with Gasteiger partial charge in [0, 0.05) is 19.0 Å². The Bertz CT molecular complexity index is 189. The molecule has 0 amide bonds. The Balaban J connectivity index is 0.000000720. The van der Waals surface area contributed by atoms with Gasteiger partial charge in [0.1, 0.15) is 0 Å². The van der Waals surface area contributed by atoms with Crippen molar-refractivity contribution in [3.63, 3.8) is 0 Å². The van der Waals surface area contributed by atoms with Crippen LogP contribution in [0.25, 0.3) is 0 Å². The van der Waals surface area contributed by atoms with E-state index in [1.54, 1.807) is 0 Å². The summed E-state index contributed by atoms with van der Waals surface area (Å²) < 4.78 is 10.0. The summed E-state index contributed by atoms with van der Waals surface area (Å²) in [6, 6.07) is 0.356. The maximum atomic E-state index is 11.2. The van der Waals surface area contributed by atoms with E-state index in [1.807, 2.05) is 0 Å². The number of ether oxygens (including phenoxy) is 2. The second-order valence-corrected chi connectivity index (χ2v) is 3.08. The molecule has 0 saturated carbocycles. The molecule has 0 aromatic carbocycles. The smallest absolute Gasteiger partial charge is 0.339 e. The van der Waals surface area contributed by atoms with Gasteiger partial charge in [-0.2, -0.15) is 0 Å². The molecule has 2 fully saturated rings. The van der Waals surface area contributed by atoms with Crippen LogP contribution in [0.5, 0.6) is 0 Å². The third kappa shape index (κ3) is 1.20. The van der Waals surface area contributed by atoms with Gasteiger partial charge in [0.05, 0.1) is 13.7 Å². The normalized spacial score (nSPS) is 37.6. The van der Waals surface area contributed by atoms with Crippen LogP contribution in [0.2, 0.25) is 0 Å². The average Bonchev–Trinajstić information content (AvgIpc) is 2.62. The fraction of sp³-hybridized carbons (Fsp3) is 0.857. The van der Waals surface area contributed by atoms with Gasteiger partial charge < -0.3 is 14.8 Å². The molecule has 2 unspecified atom stereocenters. The Kier molecular flexibility index (Phi) is 2.61. The third-order valence-electron chi connectivity index (χ3n) is 2.37. The molecule has 4 nitrogen and oxygen atoms in total. The standard InChI is InChI=1S/C7H11NO3.ClH/c1-10-6(9)7-2-5(3-11-7)8-4-7;/h5,8H,2-4H2,1H3;1H. The number of hydrogen-bond acceptors (Lipinski definition) is 4. The highest BCUT2D eigenvalue weighted by atomic mass is 35.5. The monoisotopic (exact) mass is 193 g/mol. The molecule has 0 aromatic rings. The van der Waals surface area contributed by atoms with Crippen molar-refractivity contribution >= 4 is 18.4 Å². The topological polar surface area (TPSA) is 47.6 Å². The summed E-state index contributed by atoms with van der Waals surface area (Å²) in [5.74, 6) is -0.245. The van der Waals surface area contributed by atoms with Gasteiger partial charge in [-0.25, -0.2) is 4.79 Å². The fourth-order valence-electron chi connectivity index (χ4n) is 1.74. The van der Waals surface area contributed by atoms with Crippen LogP contribution in [0.4, 0.5) is 0 Å². The number of hydrogen-bond donors (Lipinski definition) is 1. The molecule has 2 bridgehead atoms. The molecule has 2 aliphatic rings. The maximum absolute atomic E-state index is 11.2. The first-order valence-electron chi connectivity index (χ1n) is 3.73. The van der Waals surface area contributed by atoms with E-state index in [9.17, 15) is 4.79 Å². The number of esters is 1. The maximum Gasteiger partial charge on any atom is 0.339 e. The minimum absolute atomic E-state index is 0. The molecule has 70 valence electrons. The Morgan fingerprint density at radius 3 is 2.83 bits per heavy atom. The largest absolute Gasteiger partial charge is 0.467 e. The number of carbonyl (C=O) groups is 1. The minimum atomic E-state index is -0.653. The molecular weight excluding hydrogens is 182 g/mol. The zero-order valence-corrected chi connectivity index (χ0v) is 7.65.